The van der Waals surface area contributed by atoms with Gasteiger partial charge >= 0.3 is 112 Å². The molecule has 0 spiro atoms. The summed E-state index contributed by atoms with van der Waals surface area (Å²) in [5.41, 5.74) is 0. The molecule has 0 fully saturated rings. The Morgan fingerprint density at radius 2 is 0.955 bits per heavy atom. The number of hydrogen-bond acceptors (Lipinski definition) is 1. The Bertz CT molecular complexity index is 237. The van der Waals surface area contributed by atoms with E-state index >= 15 is 0 Å². The molecule has 0 aliphatic rings. The number of aliphatic carboxylic acids is 1. The van der Waals surface area contributed by atoms with E-state index in [0.717, 1.165) is 12.8 Å². The summed E-state index contributed by atoms with van der Waals surface area (Å²) in [6, 6.07) is 0. The van der Waals surface area contributed by atoms with Crippen LogP contribution in [0.5, 0.6) is 0 Å². The monoisotopic (exact) mass is 520 g/mol. The van der Waals surface area contributed by atoms with Gasteiger partial charge < -0.3 is 5.11 Å². The molecule has 128 valence electrons. The Balaban J connectivity index is 2.95. The van der Waals surface area contributed by atoms with Crippen molar-refractivity contribution in [3.8, 4) is 0 Å². The first-order valence-electron chi connectivity index (χ1n) is 9.55. The molecule has 0 atom stereocenters. The number of rotatable bonds is 18. The van der Waals surface area contributed by atoms with Crippen LogP contribution in [0.25, 0.3) is 0 Å². The van der Waals surface area contributed by atoms with Gasteiger partial charge in [0.2, 0.25) is 0 Å². The van der Waals surface area contributed by atoms with Crippen LogP contribution in [-0.4, -0.2) is 11.1 Å². The SMILES string of the molecule is O=C(O)CCCCCCCCCCCCCCCC[CH2][Hg][Cl]. The zero-order chi connectivity index (χ0) is 16.3. The first-order valence-corrected chi connectivity index (χ1v) is 20.2. The minimum absolute atomic E-state index is 0.343. The van der Waals surface area contributed by atoms with Gasteiger partial charge in [-0.3, -0.25) is 4.79 Å². The molecule has 0 heterocycles. The van der Waals surface area contributed by atoms with Crippen LogP contribution in [0, 0.1) is 0 Å². The second kappa shape index (κ2) is 19.7. The summed E-state index contributed by atoms with van der Waals surface area (Å²) in [6.07, 6.45) is 20.2. The van der Waals surface area contributed by atoms with Gasteiger partial charge in [0.15, 0.2) is 0 Å². The van der Waals surface area contributed by atoms with Crippen LogP contribution in [0.1, 0.15) is 103 Å². The number of carboxylic acid groups (broad SMARTS) is 1. The minimum atomic E-state index is -0.821. The third kappa shape index (κ3) is 20.7. The summed E-state index contributed by atoms with van der Waals surface area (Å²) >= 11 is -0.821. The van der Waals surface area contributed by atoms with E-state index in [2.05, 4.69) is 0 Å². The van der Waals surface area contributed by atoms with Gasteiger partial charge in [-0.05, 0) is 6.42 Å². The second-order valence-corrected chi connectivity index (χ2v) is 14.0. The van der Waals surface area contributed by atoms with Crippen molar-refractivity contribution in [2.45, 2.75) is 107 Å². The van der Waals surface area contributed by atoms with Crippen LogP contribution in [0.4, 0.5) is 0 Å². The first-order chi connectivity index (χ1) is 10.8. The van der Waals surface area contributed by atoms with Gasteiger partial charge in [0.25, 0.3) is 0 Å². The second-order valence-electron chi connectivity index (χ2n) is 6.49. The molecule has 0 radical (unpaired) electrons. The molecular formula is C18H35ClHgO2. The first kappa shape index (κ1) is 22.7. The van der Waals surface area contributed by atoms with Crippen LogP contribution in [0.3, 0.4) is 0 Å². The maximum atomic E-state index is 10.4. The summed E-state index contributed by atoms with van der Waals surface area (Å²) in [7, 11) is 5.88. The number of halogens is 1. The van der Waals surface area contributed by atoms with E-state index < -0.39 is 29.3 Å². The number of carbonyl (C=O) groups is 1. The average molecular weight is 520 g/mol. The van der Waals surface area contributed by atoms with Crippen LogP contribution < -0.4 is 0 Å². The topological polar surface area (TPSA) is 37.3 Å². The van der Waals surface area contributed by atoms with Crippen LogP contribution >= 0.6 is 8.25 Å². The molecule has 0 aliphatic heterocycles. The van der Waals surface area contributed by atoms with E-state index in [1.165, 1.54) is 87.4 Å². The third-order valence-corrected chi connectivity index (χ3v) is 9.60. The summed E-state index contributed by atoms with van der Waals surface area (Å²) in [5, 5.41) is 8.54. The molecule has 1 N–H and O–H groups in total. The number of carboxylic acids is 1. The van der Waals surface area contributed by atoms with E-state index in [1.807, 2.05) is 0 Å². The summed E-state index contributed by atoms with van der Waals surface area (Å²) in [6.45, 7) is 0. The fourth-order valence-corrected chi connectivity index (χ4v) is 6.61. The Labute approximate surface area is 153 Å². The fraction of sp³-hybridized carbons (Fsp3) is 0.944. The number of hydrogen-bond donors (Lipinski definition) is 1. The molecular weight excluding hydrogens is 484 g/mol. The van der Waals surface area contributed by atoms with Gasteiger partial charge in [-0.1, -0.05) is 19.3 Å². The molecule has 0 amide bonds. The molecule has 0 unspecified atom stereocenters. The normalized spacial score (nSPS) is 10.6. The molecule has 0 aliphatic carbocycles. The van der Waals surface area contributed by atoms with Crippen LogP contribution in [-0.2, 0) is 28.1 Å². The molecule has 0 bridgehead atoms. The molecule has 0 aromatic heterocycles. The zero-order valence-electron chi connectivity index (χ0n) is 14.5. The standard InChI is InChI=1S/C18H35O2.ClH.Hg/c1-2-3-4-5-6-7-8-9-10-11-12-13-14-15-16-17-18(19)20;;/h1-17H2,(H,19,20);1H;/q;;+1/p-1. The molecule has 0 saturated heterocycles. The van der Waals surface area contributed by atoms with Crippen molar-refractivity contribution >= 4 is 14.2 Å². The quantitative estimate of drug-likeness (QED) is 0.157. The van der Waals surface area contributed by atoms with Crippen LogP contribution in [0.15, 0.2) is 0 Å². The molecule has 0 rings (SSSR count). The third-order valence-electron chi connectivity index (χ3n) is 4.27. The van der Waals surface area contributed by atoms with Crippen LogP contribution in [0.2, 0.25) is 3.93 Å². The summed E-state index contributed by atoms with van der Waals surface area (Å²) in [4.78, 5) is 10.4. The average Bonchev–Trinajstić information content (AvgIpc) is 2.50. The van der Waals surface area contributed by atoms with Crippen molar-refractivity contribution in [3.63, 3.8) is 0 Å². The Morgan fingerprint density at radius 3 is 1.27 bits per heavy atom. The molecule has 0 saturated carbocycles. The van der Waals surface area contributed by atoms with E-state index in [4.69, 9.17) is 13.4 Å². The molecule has 2 nitrogen and oxygen atoms in total. The van der Waals surface area contributed by atoms with Crippen molar-refractivity contribution in [2.24, 2.45) is 0 Å². The zero-order valence-corrected chi connectivity index (χ0v) is 20.7. The van der Waals surface area contributed by atoms with E-state index in [9.17, 15) is 4.79 Å². The maximum absolute atomic E-state index is 10.4. The van der Waals surface area contributed by atoms with Crippen molar-refractivity contribution in [2.75, 3.05) is 0 Å². The van der Waals surface area contributed by atoms with Gasteiger partial charge in [-0.15, -0.1) is 0 Å². The molecule has 22 heavy (non-hydrogen) atoms. The fourth-order valence-electron chi connectivity index (χ4n) is 2.85. The van der Waals surface area contributed by atoms with E-state index in [0.29, 0.717) is 6.42 Å². The van der Waals surface area contributed by atoms with Crippen molar-refractivity contribution in [1.82, 2.24) is 0 Å². The van der Waals surface area contributed by atoms with Crippen molar-refractivity contribution in [1.29, 1.82) is 0 Å². The molecule has 4 heteroatoms. The van der Waals surface area contributed by atoms with E-state index in [-0.39, 0.29) is 0 Å². The predicted octanol–water partition coefficient (Wildman–Crippen LogP) is 6.97. The van der Waals surface area contributed by atoms with Crippen molar-refractivity contribution in [3.05, 3.63) is 0 Å². The van der Waals surface area contributed by atoms with Gasteiger partial charge in [0.1, 0.15) is 0 Å². The summed E-state index contributed by atoms with van der Waals surface area (Å²) < 4.78 is 1.40. The van der Waals surface area contributed by atoms with Gasteiger partial charge in [0.05, 0.1) is 0 Å². The van der Waals surface area contributed by atoms with Gasteiger partial charge in [-0.2, -0.15) is 0 Å². The Hall–Kier alpha value is 0.695. The molecule has 0 aromatic rings. The predicted molar refractivity (Wildman–Crippen MR) is 92.2 cm³/mol. The van der Waals surface area contributed by atoms with E-state index in [1.54, 1.807) is 0 Å². The number of unbranched alkanes of at least 4 members (excludes halogenated alkanes) is 14. The summed E-state index contributed by atoms with van der Waals surface area (Å²) in [5.74, 6) is -0.655. The van der Waals surface area contributed by atoms with Gasteiger partial charge in [0, 0.05) is 6.42 Å². The Morgan fingerprint density at radius 1 is 0.636 bits per heavy atom. The Kier molecular flexibility index (Phi) is 20.4. The van der Waals surface area contributed by atoms with Crippen molar-refractivity contribution < 1.29 is 33.2 Å². The molecule has 0 aromatic carbocycles. The van der Waals surface area contributed by atoms with Gasteiger partial charge in [-0.25, -0.2) is 0 Å².